The second-order valence-corrected chi connectivity index (χ2v) is 5.34. The molecule has 1 aromatic carbocycles. The zero-order valence-corrected chi connectivity index (χ0v) is 11.4. The molecule has 0 amide bonds. The van der Waals surface area contributed by atoms with Crippen LogP contribution >= 0.6 is 31.9 Å². The number of hydrogen-bond donors (Lipinski definition) is 1. The maximum Gasteiger partial charge on any atom is 0.137 e. The van der Waals surface area contributed by atoms with Crippen LogP contribution < -0.4 is 0 Å². The number of aromatic nitrogens is 2. The fourth-order valence-corrected chi connectivity index (χ4v) is 2.24. The van der Waals surface area contributed by atoms with Gasteiger partial charge in [-0.05, 0) is 33.6 Å². The summed E-state index contributed by atoms with van der Waals surface area (Å²) in [7, 11) is 0. The molecular formula is C11H9Br2FN2. The lowest BCUT2D eigenvalue weighted by Crippen LogP contribution is -1.98. The molecule has 0 saturated heterocycles. The lowest BCUT2D eigenvalue weighted by Gasteiger charge is -2.09. The minimum atomic E-state index is -0.249. The maximum absolute atomic E-state index is 13.3. The van der Waals surface area contributed by atoms with Crippen molar-refractivity contribution < 1.29 is 4.39 Å². The molecule has 1 unspecified atom stereocenters. The van der Waals surface area contributed by atoms with Crippen LogP contribution in [0.1, 0.15) is 16.2 Å². The smallest absolute Gasteiger partial charge is 0.137 e. The molecule has 1 heterocycles. The number of benzene rings is 1. The first-order valence-corrected chi connectivity index (χ1v) is 6.45. The molecule has 0 radical (unpaired) electrons. The number of rotatable bonds is 3. The molecule has 0 saturated carbocycles. The van der Waals surface area contributed by atoms with Crippen molar-refractivity contribution in [2.75, 3.05) is 0 Å². The summed E-state index contributed by atoms with van der Waals surface area (Å²) in [6.45, 7) is 0. The molecule has 0 aliphatic heterocycles. The molecule has 2 rings (SSSR count). The van der Waals surface area contributed by atoms with Gasteiger partial charge < -0.3 is 4.98 Å². The third-order valence-corrected chi connectivity index (χ3v) is 3.73. The largest absolute Gasteiger partial charge is 0.349 e. The molecule has 1 N–H and O–H groups in total. The molecule has 84 valence electrons. The van der Waals surface area contributed by atoms with Crippen molar-refractivity contribution in [3.63, 3.8) is 0 Å². The van der Waals surface area contributed by atoms with Crippen LogP contribution in [-0.4, -0.2) is 9.97 Å². The number of H-pyrrole nitrogens is 1. The number of hydrogen-bond acceptors (Lipinski definition) is 1. The third-order valence-electron chi connectivity index (χ3n) is 2.23. The standard InChI is InChI=1S/C11H9Br2FN2/c12-8-2-1-7(5-10(8)14)9(13)6-11-15-3-4-16-11/h1-5,9H,6H2,(H,15,16). The molecule has 0 aliphatic rings. The Balaban J connectivity index is 2.14. The predicted octanol–water partition coefficient (Wildman–Crippen LogP) is 3.99. The molecule has 0 aliphatic carbocycles. The SMILES string of the molecule is Fc1cc(C(Br)Cc2ncc[nH]2)ccc1Br. The Kier molecular flexibility index (Phi) is 3.76. The van der Waals surface area contributed by atoms with Crippen LogP contribution in [0.25, 0.3) is 0 Å². The van der Waals surface area contributed by atoms with Crippen molar-refractivity contribution in [3.05, 3.63) is 52.3 Å². The number of halogens is 3. The van der Waals surface area contributed by atoms with E-state index in [1.807, 2.05) is 6.07 Å². The molecule has 0 bridgehead atoms. The Bertz CT molecular complexity index is 471. The first kappa shape index (κ1) is 11.8. The Morgan fingerprint density at radius 1 is 1.44 bits per heavy atom. The summed E-state index contributed by atoms with van der Waals surface area (Å²) in [6.07, 6.45) is 4.18. The summed E-state index contributed by atoms with van der Waals surface area (Å²) in [5, 5.41) is 0. The average molecular weight is 348 g/mol. The van der Waals surface area contributed by atoms with Crippen molar-refractivity contribution in [2.24, 2.45) is 0 Å². The number of nitrogens with zero attached hydrogens (tertiary/aromatic N) is 1. The van der Waals surface area contributed by atoms with E-state index in [9.17, 15) is 4.39 Å². The quantitative estimate of drug-likeness (QED) is 0.835. The zero-order chi connectivity index (χ0) is 11.5. The van der Waals surface area contributed by atoms with Gasteiger partial charge in [0.05, 0.1) is 4.47 Å². The summed E-state index contributed by atoms with van der Waals surface area (Å²) in [4.78, 5) is 7.21. The van der Waals surface area contributed by atoms with E-state index in [0.717, 1.165) is 11.4 Å². The van der Waals surface area contributed by atoms with Gasteiger partial charge in [-0.2, -0.15) is 0 Å². The average Bonchev–Trinajstić information content (AvgIpc) is 2.74. The summed E-state index contributed by atoms with van der Waals surface area (Å²) in [6, 6.07) is 5.11. The van der Waals surface area contributed by atoms with Crippen LogP contribution in [-0.2, 0) is 6.42 Å². The van der Waals surface area contributed by atoms with Crippen LogP contribution in [0, 0.1) is 5.82 Å². The lowest BCUT2D eigenvalue weighted by molar-refractivity contribution is 0.618. The first-order chi connectivity index (χ1) is 7.66. The third kappa shape index (κ3) is 2.71. The van der Waals surface area contributed by atoms with E-state index >= 15 is 0 Å². The van der Waals surface area contributed by atoms with Gasteiger partial charge >= 0.3 is 0 Å². The van der Waals surface area contributed by atoms with Gasteiger partial charge in [0.15, 0.2) is 0 Å². The summed E-state index contributed by atoms with van der Waals surface area (Å²) in [5.41, 5.74) is 0.900. The van der Waals surface area contributed by atoms with Crippen LogP contribution in [0.2, 0.25) is 0 Å². The zero-order valence-electron chi connectivity index (χ0n) is 8.25. The van der Waals surface area contributed by atoms with E-state index in [4.69, 9.17) is 0 Å². The van der Waals surface area contributed by atoms with Gasteiger partial charge in [0.25, 0.3) is 0 Å². The van der Waals surface area contributed by atoms with Crippen LogP contribution in [0.3, 0.4) is 0 Å². The summed E-state index contributed by atoms with van der Waals surface area (Å²) < 4.78 is 13.8. The van der Waals surface area contributed by atoms with Crippen LogP contribution in [0.15, 0.2) is 35.1 Å². The molecule has 2 nitrogen and oxygen atoms in total. The van der Waals surface area contributed by atoms with Crippen molar-refractivity contribution in [1.29, 1.82) is 0 Å². The van der Waals surface area contributed by atoms with E-state index in [1.165, 1.54) is 6.07 Å². The number of nitrogens with one attached hydrogen (secondary N) is 1. The number of imidazole rings is 1. The molecular weight excluding hydrogens is 339 g/mol. The normalized spacial score (nSPS) is 12.7. The van der Waals surface area contributed by atoms with Crippen molar-refractivity contribution >= 4 is 31.9 Å². The van der Waals surface area contributed by atoms with Gasteiger partial charge in [0, 0.05) is 23.6 Å². The topological polar surface area (TPSA) is 28.7 Å². The molecule has 2 aromatic rings. The minimum absolute atomic E-state index is 0.0567. The fraction of sp³-hybridized carbons (Fsp3) is 0.182. The molecule has 16 heavy (non-hydrogen) atoms. The highest BCUT2D eigenvalue weighted by Crippen LogP contribution is 2.28. The highest BCUT2D eigenvalue weighted by atomic mass is 79.9. The predicted molar refractivity (Wildman–Crippen MR) is 68.1 cm³/mol. The van der Waals surface area contributed by atoms with Gasteiger partial charge in [-0.1, -0.05) is 22.0 Å². The van der Waals surface area contributed by atoms with Gasteiger partial charge in [-0.15, -0.1) is 0 Å². The molecule has 0 spiro atoms. The highest BCUT2D eigenvalue weighted by molar-refractivity contribution is 9.10. The molecule has 5 heteroatoms. The Labute approximate surface area is 110 Å². The molecule has 1 aromatic heterocycles. The van der Waals surface area contributed by atoms with Crippen molar-refractivity contribution in [1.82, 2.24) is 9.97 Å². The number of aromatic amines is 1. The molecule has 0 fully saturated rings. The van der Waals surface area contributed by atoms with Gasteiger partial charge in [-0.25, -0.2) is 9.37 Å². The van der Waals surface area contributed by atoms with E-state index < -0.39 is 0 Å². The Morgan fingerprint density at radius 2 is 2.25 bits per heavy atom. The second kappa shape index (κ2) is 5.10. The van der Waals surface area contributed by atoms with Gasteiger partial charge in [-0.3, -0.25) is 0 Å². The van der Waals surface area contributed by atoms with Crippen LogP contribution in [0.5, 0.6) is 0 Å². The highest BCUT2D eigenvalue weighted by Gasteiger charge is 2.11. The van der Waals surface area contributed by atoms with Crippen molar-refractivity contribution in [3.8, 4) is 0 Å². The van der Waals surface area contributed by atoms with Gasteiger partial charge in [0.2, 0.25) is 0 Å². The van der Waals surface area contributed by atoms with Crippen LogP contribution in [0.4, 0.5) is 4.39 Å². The van der Waals surface area contributed by atoms with E-state index in [0.29, 0.717) is 10.9 Å². The monoisotopic (exact) mass is 346 g/mol. The van der Waals surface area contributed by atoms with Crippen molar-refractivity contribution in [2.45, 2.75) is 11.2 Å². The van der Waals surface area contributed by atoms with E-state index in [1.54, 1.807) is 18.5 Å². The Morgan fingerprint density at radius 3 is 2.88 bits per heavy atom. The van der Waals surface area contributed by atoms with E-state index in [2.05, 4.69) is 41.8 Å². The lowest BCUT2D eigenvalue weighted by atomic mass is 10.1. The fourth-order valence-electron chi connectivity index (χ4n) is 1.40. The Hall–Kier alpha value is -0.680. The summed E-state index contributed by atoms with van der Waals surface area (Å²) >= 11 is 6.65. The van der Waals surface area contributed by atoms with Gasteiger partial charge in [0.1, 0.15) is 11.6 Å². The second-order valence-electron chi connectivity index (χ2n) is 3.38. The molecule has 1 atom stereocenters. The maximum atomic E-state index is 13.3. The first-order valence-electron chi connectivity index (χ1n) is 4.74. The number of alkyl halides is 1. The minimum Gasteiger partial charge on any atom is -0.349 e. The summed E-state index contributed by atoms with van der Waals surface area (Å²) in [5.74, 6) is 0.631. The van der Waals surface area contributed by atoms with E-state index in [-0.39, 0.29) is 10.6 Å².